The Kier molecular flexibility index (Phi) is 7.17. The van der Waals surface area contributed by atoms with Crippen molar-refractivity contribution in [1.82, 2.24) is 15.1 Å². The molecule has 29 heavy (non-hydrogen) atoms. The summed E-state index contributed by atoms with van der Waals surface area (Å²) in [5.41, 5.74) is 1.05. The quantitative estimate of drug-likeness (QED) is 0.711. The van der Waals surface area contributed by atoms with Crippen LogP contribution in [0.4, 0.5) is 4.39 Å². The summed E-state index contributed by atoms with van der Waals surface area (Å²) in [6, 6.07) is 12.9. The molecular formula is C22H23BrFN3O2. The number of carbonyl (C=O) groups excluding carboxylic acids is 2. The number of amides is 2. The zero-order valence-corrected chi connectivity index (χ0v) is 17.8. The molecule has 0 unspecified atom stereocenters. The molecule has 0 atom stereocenters. The molecule has 1 N–H and O–H groups in total. The molecule has 1 saturated heterocycles. The Morgan fingerprint density at radius 3 is 2.62 bits per heavy atom. The summed E-state index contributed by atoms with van der Waals surface area (Å²) < 4.78 is 14.3. The molecule has 1 fully saturated rings. The number of halogens is 2. The molecule has 5 nitrogen and oxygen atoms in total. The molecule has 0 aromatic heterocycles. The monoisotopic (exact) mass is 459 g/mol. The van der Waals surface area contributed by atoms with Crippen molar-refractivity contribution in [2.75, 3.05) is 33.2 Å². The molecule has 0 radical (unpaired) electrons. The number of nitrogens with zero attached hydrogens (tertiary/aromatic N) is 2. The molecule has 0 spiro atoms. The lowest BCUT2D eigenvalue weighted by atomic mass is 10.1. The normalized spacial score (nSPS) is 15.7. The van der Waals surface area contributed by atoms with Gasteiger partial charge in [-0.3, -0.25) is 9.59 Å². The molecule has 2 amide bonds. The average molecular weight is 460 g/mol. The van der Waals surface area contributed by atoms with Crippen molar-refractivity contribution in [1.29, 1.82) is 0 Å². The van der Waals surface area contributed by atoms with E-state index in [1.54, 1.807) is 35.2 Å². The molecule has 1 aliphatic heterocycles. The van der Waals surface area contributed by atoms with Gasteiger partial charge in [0.25, 0.3) is 11.8 Å². The van der Waals surface area contributed by atoms with Crippen LogP contribution in [-0.2, 0) is 4.79 Å². The van der Waals surface area contributed by atoms with E-state index in [0.717, 1.165) is 19.5 Å². The van der Waals surface area contributed by atoms with Gasteiger partial charge in [0, 0.05) is 24.1 Å². The maximum Gasteiger partial charge on any atom is 0.270 e. The number of carbonyl (C=O) groups is 2. The first-order valence-corrected chi connectivity index (χ1v) is 10.2. The van der Waals surface area contributed by atoms with E-state index in [2.05, 4.69) is 26.1 Å². The minimum absolute atomic E-state index is 0.126. The van der Waals surface area contributed by atoms with Crippen LogP contribution in [0.3, 0.4) is 0 Å². The van der Waals surface area contributed by atoms with Gasteiger partial charge in [0.15, 0.2) is 0 Å². The smallest absolute Gasteiger partial charge is 0.270 e. The second-order valence-corrected chi connectivity index (χ2v) is 7.85. The molecule has 0 saturated carbocycles. The van der Waals surface area contributed by atoms with E-state index in [-0.39, 0.29) is 11.6 Å². The lowest BCUT2D eigenvalue weighted by Gasteiger charge is -2.22. The highest BCUT2D eigenvalue weighted by atomic mass is 79.9. The third kappa shape index (κ3) is 5.74. The first-order chi connectivity index (χ1) is 13.9. The number of hydrogen-bond acceptors (Lipinski definition) is 3. The van der Waals surface area contributed by atoms with E-state index in [1.165, 1.54) is 18.2 Å². The molecule has 2 aromatic carbocycles. The predicted molar refractivity (Wildman–Crippen MR) is 115 cm³/mol. The molecule has 0 bridgehead atoms. The van der Waals surface area contributed by atoms with E-state index in [0.29, 0.717) is 28.7 Å². The van der Waals surface area contributed by atoms with E-state index in [1.807, 2.05) is 13.1 Å². The Hall–Kier alpha value is -2.51. The zero-order chi connectivity index (χ0) is 20.8. The van der Waals surface area contributed by atoms with Gasteiger partial charge in [0.2, 0.25) is 0 Å². The van der Waals surface area contributed by atoms with E-state index >= 15 is 0 Å². The Bertz CT molecular complexity index is 932. The molecule has 0 aliphatic carbocycles. The van der Waals surface area contributed by atoms with E-state index in [9.17, 15) is 14.0 Å². The fourth-order valence-electron chi connectivity index (χ4n) is 3.17. The lowest BCUT2D eigenvalue weighted by Crippen LogP contribution is -2.40. The topological polar surface area (TPSA) is 52.6 Å². The Balaban J connectivity index is 1.90. The minimum atomic E-state index is -0.404. The summed E-state index contributed by atoms with van der Waals surface area (Å²) in [5.74, 6) is -1.08. The second-order valence-electron chi connectivity index (χ2n) is 7.00. The fourth-order valence-corrected chi connectivity index (χ4v) is 3.63. The van der Waals surface area contributed by atoms with Crippen LogP contribution in [0.15, 0.2) is 58.7 Å². The number of likely N-dealkylation sites (N-methyl/N-ethyl adjacent to an activating group) is 1. The summed E-state index contributed by atoms with van der Waals surface area (Å²) in [6.45, 7) is 2.85. The first-order valence-electron chi connectivity index (χ1n) is 9.45. The summed E-state index contributed by atoms with van der Waals surface area (Å²) in [6.07, 6.45) is 2.38. The van der Waals surface area contributed by atoms with Crippen molar-refractivity contribution >= 4 is 33.8 Å². The van der Waals surface area contributed by atoms with Crippen LogP contribution in [0, 0.1) is 5.82 Å². The van der Waals surface area contributed by atoms with Crippen molar-refractivity contribution in [2.45, 2.75) is 6.42 Å². The van der Waals surface area contributed by atoms with Crippen LogP contribution in [0.1, 0.15) is 22.3 Å². The fraction of sp³-hybridized carbons (Fsp3) is 0.273. The highest BCUT2D eigenvalue weighted by Gasteiger charge is 2.23. The molecular weight excluding hydrogens is 437 g/mol. The number of rotatable bonds is 4. The van der Waals surface area contributed by atoms with Crippen molar-refractivity contribution in [3.8, 4) is 0 Å². The van der Waals surface area contributed by atoms with Gasteiger partial charge >= 0.3 is 0 Å². The van der Waals surface area contributed by atoms with Gasteiger partial charge in [0.1, 0.15) is 11.5 Å². The van der Waals surface area contributed by atoms with Crippen LogP contribution < -0.4 is 5.32 Å². The van der Waals surface area contributed by atoms with Gasteiger partial charge in [-0.2, -0.15) is 0 Å². The Labute approximate surface area is 178 Å². The summed E-state index contributed by atoms with van der Waals surface area (Å²) >= 11 is 3.36. The second kappa shape index (κ2) is 9.80. The van der Waals surface area contributed by atoms with Gasteiger partial charge in [0.05, 0.1) is 5.56 Å². The van der Waals surface area contributed by atoms with Crippen molar-refractivity contribution < 1.29 is 14.0 Å². The van der Waals surface area contributed by atoms with Crippen LogP contribution in [0.25, 0.3) is 6.08 Å². The molecule has 1 heterocycles. The van der Waals surface area contributed by atoms with Crippen molar-refractivity contribution in [2.24, 2.45) is 0 Å². The third-order valence-corrected chi connectivity index (χ3v) is 5.45. The minimum Gasteiger partial charge on any atom is -0.336 e. The summed E-state index contributed by atoms with van der Waals surface area (Å²) in [7, 11) is 2.02. The molecule has 3 rings (SSSR count). The van der Waals surface area contributed by atoms with Crippen LogP contribution in [-0.4, -0.2) is 54.8 Å². The Morgan fingerprint density at radius 1 is 1.07 bits per heavy atom. The predicted octanol–water partition coefficient (Wildman–Crippen LogP) is 3.52. The van der Waals surface area contributed by atoms with Gasteiger partial charge in [-0.1, -0.05) is 24.3 Å². The molecule has 7 heteroatoms. The van der Waals surface area contributed by atoms with E-state index < -0.39 is 11.7 Å². The molecule has 1 aliphatic rings. The Morgan fingerprint density at radius 2 is 1.86 bits per heavy atom. The summed E-state index contributed by atoms with van der Waals surface area (Å²) in [4.78, 5) is 29.9. The average Bonchev–Trinajstić information content (AvgIpc) is 2.91. The van der Waals surface area contributed by atoms with Gasteiger partial charge in [-0.25, -0.2) is 4.39 Å². The number of benzene rings is 2. The standard InChI is InChI=1S/C22H23BrFN3O2/c1-26-10-5-11-27(13-12-26)22(29)20(15-16-6-4-7-17(24)14-16)25-21(28)18-8-2-3-9-19(18)23/h2-4,6-9,14-15H,5,10-13H2,1H3,(H,25,28)/b20-15-. The highest BCUT2D eigenvalue weighted by Crippen LogP contribution is 2.17. The maximum absolute atomic E-state index is 13.6. The molecule has 152 valence electrons. The van der Waals surface area contributed by atoms with Gasteiger partial charge in [-0.15, -0.1) is 0 Å². The molecule has 2 aromatic rings. The van der Waals surface area contributed by atoms with E-state index in [4.69, 9.17) is 0 Å². The lowest BCUT2D eigenvalue weighted by molar-refractivity contribution is -0.127. The van der Waals surface area contributed by atoms with Gasteiger partial charge in [-0.05, 0) is 71.8 Å². The van der Waals surface area contributed by atoms with Gasteiger partial charge < -0.3 is 15.1 Å². The number of hydrogen-bond donors (Lipinski definition) is 1. The third-order valence-electron chi connectivity index (χ3n) is 4.76. The summed E-state index contributed by atoms with van der Waals surface area (Å²) in [5, 5.41) is 2.74. The first kappa shape index (κ1) is 21.2. The van der Waals surface area contributed by atoms with Crippen molar-refractivity contribution in [3.05, 3.63) is 75.6 Å². The number of nitrogens with one attached hydrogen (secondary N) is 1. The van der Waals surface area contributed by atoms with Crippen LogP contribution in [0.5, 0.6) is 0 Å². The van der Waals surface area contributed by atoms with Crippen molar-refractivity contribution in [3.63, 3.8) is 0 Å². The highest BCUT2D eigenvalue weighted by molar-refractivity contribution is 9.10. The zero-order valence-electron chi connectivity index (χ0n) is 16.2. The SMILES string of the molecule is CN1CCCN(C(=O)/C(=C/c2cccc(F)c2)NC(=O)c2ccccc2Br)CC1. The van der Waals surface area contributed by atoms with Crippen LogP contribution >= 0.6 is 15.9 Å². The largest absolute Gasteiger partial charge is 0.336 e. The van der Waals surface area contributed by atoms with Crippen LogP contribution in [0.2, 0.25) is 0 Å². The maximum atomic E-state index is 13.6.